The molecule has 1 aliphatic rings. The van der Waals surface area contributed by atoms with Crippen LogP contribution in [0.25, 0.3) is 0 Å². The molecule has 0 aliphatic carbocycles. The predicted molar refractivity (Wildman–Crippen MR) is 66.2 cm³/mol. The van der Waals surface area contributed by atoms with Crippen molar-refractivity contribution in [3.8, 4) is 0 Å². The molecule has 17 heavy (non-hydrogen) atoms. The van der Waals surface area contributed by atoms with Gasteiger partial charge in [-0.05, 0) is 43.7 Å². The van der Waals surface area contributed by atoms with Crippen molar-refractivity contribution in [3.63, 3.8) is 0 Å². The van der Waals surface area contributed by atoms with E-state index >= 15 is 0 Å². The Morgan fingerprint density at radius 2 is 2.12 bits per heavy atom. The molecule has 1 heterocycles. The summed E-state index contributed by atoms with van der Waals surface area (Å²) >= 11 is 0. The van der Waals surface area contributed by atoms with Crippen LogP contribution in [0.1, 0.15) is 36.4 Å². The van der Waals surface area contributed by atoms with Gasteiger partial charge in [-0.25, -0.2) is 4.39 Å². The van der Waals surface area contributed by atoms with E-state index in [2.05, 4.69) is 0 Å². The van der Waals surface area contributed by atoms with E-state index in [4.69, 9.17) is 10.5 Å². The van der Waals surface area contributed by atoms with Gasteiger partial charge in [-0.1, -0.05) is 12.1 Å². The van der Waals surface area contributed by atoms with Gasteiger partial charge >= 0.3 is 0 Å². The lowest BCUT2D eigenvalue weighted by atomic mass is 9.89. The van der Waals surface area contributed by atoms with Gasteiger partial charge in [0.2, 0.25) is 0 Å². The number of nitrogens with two attached hydrogens (primary N) is 1. The van der Waals surface area contributed by atoms with Crippen LogP contribution in [0, 0.1) is 18.7 Å². The summed E-state index contributed by atoms with van der Waals surface area (Å²) in [5, 5.41) is 0. The molecule has 94 valence electrons. The van der Waals surface area contributed by atoms with E-state index in [1.54, 1.807) is 6.07 Å². The zero-order valence-electron chi connectivity index (χ0n) is 10.3. The highest BCUT2D eigenvalue weighted by Crippen LogP contribution is 2.27. The Morgan fingerprint density at radius 3 is 2.76 bits per heavy atom. The lowest BCUT2D eigenvalue weighted by Gasteiger charge is -2.25. The van der Waals surface area contributed by atoms with Crippen molar-refractivity contribution < 1.29 is 9.13 Å². The van der Waals surface area contributed by atoms with Crippen LogP contribution in [0.2, 0.25) is 0 Å². The van der Waals surface area contributed by atoms with Crippen LogP contribution in [0.15, 0.2) is 18.2 Å². The van der Waals surface area contributed by atoms with Gasteiger partial charge in [0.25, 0.3) is 0 Å². The van der Waals surface area contributed by atoms with Crippen LogP contribution in [-0.4, -0.2) is 13.2 Å². The van der Waals surface area contributed by atoms with Gasteiger partial charge in [0.1, 0.15) is 5.82 Å². The fourth-order valence-corrected chi connectivity index (χ4v) is 2.40. The van der Waals surface area contributed by atoms with Crippen LogP contribution in [-0.2, 0) is 4.74 Å². The zero-order chi connectivity index (χ0) is 12.3. The van der Waals surface area contributed by atoms with Gasteiger partial charge < -0.3 is 10.5 Å². The molecule has 0 bridgehead atoms. The number of ether oxygens (including phenoxy) is 1. The highest BCUT2D eigenvalue weighted by molar-refractivity contribution is 5.25. The number of hydrogen-bond donors (Lipinski definition) is 1. The van der Waals surface area contributed by atoms with Crippen molar-refractivity contribution in [2.24, 2.45) is 11.7 Å². The maximum Gasteiger partial charge on any atom is 0.128 e. The standard InChI is InChI=1S/C14H20FNO/c1-10-2-3-12(13(15)8-10)14(16)9-11-4-6-17-7-5-11/h2-3,8,11,14H,4-7,9,16H2,1H3. The van der Waals surface area contributed by atoms with E-state index in [9.17, 15) is 4.39 Å². The monoisotopic (exact) mass is 237 g/mol. The first-order valence-electron chi connectivity index (χ1n) is 6.26. The summed E-state index contributed by atoms with van der Waals surface area (Å²) in [7, 11) is 0. The highest BCUT2D eigenvalue weighted by Gasteiger charge is 2.19. The molecule has 0 radical (unpaired) electrons. The summed E-state index contributed by atoms with van der Waals surface area (Å²) in [6, 6.07) is 5.09. The molecule has 0 spiro atoms. The fourth-order valence-electron chi connectivity index (χ4n) is 2.40. The third-order valence-electron chi connectivity index (χ3n) is 3.48. The maximum atomic E-state index is 13.8. The lowest BCUT2D eigenvalue weighted by molar-refractivity contribution is 0.0617. The van der Waals surface area contributed by atoms with E-state index in [1.165, 1.54) is 0 Å². The van der Waals surface area contributed by atoms with Crippen molar-refractivity contribution in [3.05, 3.63) is 35.1 Å². The highest BCUT2D eigenvalue weighted by atomic mass is 19.1. The van der Waals surface area contributed by atoms with Gasteiger partial charge in [-0.15, -0.1) is 0 Å². The van der Waals surface area contributed by atoms with Gasteiger partial charge in [-0.2, -0.15) is 0 Å². The lowest BCUT2D eigenvalue weighted by Crippen LogP contribution is -2.22. The molecule has 1 fully saturated rings. The first-order valence-corrected chi connectivity index (χ1v) is 6.26. The predicted octanol–water partition coefficient (Wildman–Crippen LogP) is 2.95. The number of aryl methyl sites for hydroxylation is 1. The maximum absolute atomic E-state index is 13.8. The number of benzene rings is 1. The minimum atomic E-state index is -0.196. The van der Waals surface area contributed by atoms with Crippen LogP contribution in [0.3, 0.4) is 0 Å². The van der Waals surface area contributed by atoms with E-state index in [0.717, 1.165) is 38.0 Å². The molecular weight excluding hydrogens is 217 g/mol. The second-order valence-corrected chi connectivity index (χ2v) is 4.92. The Bertz CT molecular complexity index is 374. The Morgan fingerprint density at radius 1 is 1.41 bits per heavy atom. The summed E-state index contributed by atoms with van der Waals surface area (Å²) < 4.78 is 19.1. The smallest absolute Gasteiger partial charge is 0.128 e. The first kappa shape index (κ1) is 12.5. The molecule has 0 aromatic heterocycles. The van der Waals surface area contributed by atoms with E-state index in [0.29, 0.717) is 11.5 Å². The largest absolute Gasteiger partial charge is 0.381 e. The molecule has 1 unspecified atom stereocenters. The van der Waals surface area contributed by atoms with Crippen LogP contribution >= 0.6 is 0 Å². The fraction of sp³-hybridized carbons (Fsp3) is 0.571. The zero-order valence-corrected chi connectivity index (χ0v) is 10.3. The van der Waals surface area contributed by atoms with Crippen LogP contribution in [0.5, 0.6) is 0 Å². The average Bonchev–Trinajstić information content (AvgIpc) is 2.30. The molecule has 0 saturated carbocycles. The van der Waals surface area contributed by atoms with Crippen molar-refractivity contribution in [1.82, 2.24) is 0 Å². The van der Waals surface area contributed by atoms with Crippen LogP contribution in [0.4, 0.5) is 4.39 Å². The average molecular weight is 237 g/mol. The van der Waals surface area contributed by atoms with Crippen molar-refractivity contribution in [2.45, 2.75) is 32.2 Å². The van der Waals surface area contributed by atoms with Crippen LogP contribution < -0.4 is 5.73 Å². The molecular formula is C14H20FNO. The molecule has 1 aromatic carbocycles. The summed E-state index contributed by atoms with van der Waals surface area (Å²) in [6.07, 6.45) is 2.94. The SMILES string of the molecule is Cc1ccc(C(N)CC2CCOCC2)c(F)c1. The molecule has 1 saturated heterocycles. The molecule has 1 aliphatic heterocycles. The second-order valence-electron chi connectivity index (χ2n) is 4.92. The van der Waals surface area contributed by atoms with Gasteiger partial charge in [-0.3, -0.25) is 0 Å². The Labute approximate surface area is 102 Å². The van der Waals surface area contributed by atoms with Gasteiger partial charge in [0.05, 0.1) is 0 Å². The Hall–Kier alpha value is -0.930. The third kappa shape index (κ3) is 3.27. The second kappa shape index (κ2) is 5.61. The van der Waals surface area contributed by atoms with Crippen molar-refractivity contribution >= 4 is 0 Å². The molecule has 2 N–H and O–H groups in total. The Kier molecular flexibility index (Phi) is 4.13. The summed E-state index contributed by atoms with van der Waals surface area (Å²) in [5.41, 5.74) is 7.67. The van der Waals surface area contributed by atoms with Gasteiger partial charge in [0, 0.05) is 24.8 Å². The van der Waals surface area contributed by atoms with Gasteiger partial charge in [0.15, 0.2) is 0 Å². The summed E-state index contributed by atoms with van der Waals surface area (Å²) in [5.74, 6) is 0.393. The molecule has 0 amide bonds. The number of hydrogen-bond acceptors (Lipinski definition) is 2. The van der Waals surface area contributed by atoms with E-state index < -0.39 is 0 Å². The van der Waals surface area contributed by atoms with E-state index in [-0.39, 0.29) is 11.9 Å². The Balaban J connectivity index is 2.00. The molecule has 2 nitrogen and oxygen atoms in total. The summed E-state index contributed by atoms with van der Waals surface area (Å²) in [6.45, 7) is 3.51. The van der Waals surface area contributed by atoms with Crippen molar-refractivity contribution in [1.29, 1.82) is 0 Å². The molecule has 3 heteroatoms. The normalized spacial score (nSPS) is 19.2. The quantitative estimate of drug-likeness (QED) is 0.877. The molecule has 1 atom stereocenters. The third-order valence-corrected chi connectivity index (χ3v) is 3.48. The minimum absolute atomic E-state index is 0.176. The molecule has 2 rings (SSSR count). The topological polar surface area (TPSA) is 35.2 Å². The minimum Gasteiger partial charge on any atom is -0.381 e. The van der Waals surface area contributed by atoms with E-state index in [1.807, 2.05) is 19.1 Å². The molecule has 1 aromatic rings. The summed E-state index contributed by atoms with van der Waals surface area (Å²) in [4.78, 5) is 0. The number of halogens is 1. The van der Waals surface area contributed by atoms with Crippen molar-refractivity contribution in [2.75, 3.05) is 13.2 Å². The first-order chi connectivity index (χ1) is 8.16. The number of rotatable bonds is 3.